The highest BCUT2D eigenvalue weighted by Gasteiger charge is 2.43. The van der Waals surface area contributed by atoms with Gasteiger partial charge < -0.3 is 10.5 Å². The van der Waals surface area contributed by atoms with Gasteiger partial charge in [-0.15, -0.1) is 5.10 Å². The summed E-state index contributed by atoms with van der Waals surface area (Å²) in [7, 11) is 1.60. The largest absolute Gasteiger partial charge is 0.494 e. The Morgan fingerprint density at radius 1 is 1.39 bits per heavy atom. The summed E-state index contributed by atoms with van der Waals surface area (Å²) < 4.78 is 7.22. The molecule has 1 fully saturated rings. The van der Waals surface area contributed by atoms with E-state index < -0.39 is 0 Å². The Labute approximate surface area is 105 Å². The molecule has 1 heterocycles. The summed E-state index contributed by atoms with van der Waals surface area (Å²) in [6, 6.07) is 5.60. The molecule has 0 bridgehead atoms. The molecule has 94 valence electrons. The first-order chi connectivity index (χ1) is 8.65. The van der Waals surface area contributed by atoms with Crippen LogP contribution < -0.4 is 10.5 Å². The van der Waals surface area contributed by atoms with Gasteiger partial charge in [-0.1, -0.05) is 6.07 Å². The Kier molecular flexibility index (Phi) is 2.26. The minimum absolute atomic E-state index is 0.0362. The van der Waals surface area contributed by atoms with E-state index in [0.717, 1.165) is 18.4 Å². The first-order valence-corrected chi connectivity index (χ1v) is 5.87. The fourth-order valence-electron chi connectivity index (χ4n) is 2.07. The van der Waals surface area contributed by atoms with Crippen molar-refractivity contribution in [2.45, 2.75) is 25.3 Å². The summed E-state index contributed by atoms with van der Waals surface area (Å²) in [4.78, 5) is 0. The molecule has 2 N–H and O–H groups in total. The minimum atomic E-state index is 0.0362. The second-order valence-corrected chi connectivity index (χ2v) is 4.84. The molecule has 0 unspecified atom stereocenters. The fourth-order valence-corrected chi connectivity index (χ4v) is 2.07. The second kappa shape index (κ2) is 3.69. The van der Waals surface area contributed by atoms with Gasteiger partial charge in [-0.25, -0.2) is 4.68 Å². The van der Waals surface area contributed by atoms with Crippen molar-refractivity contribution in [1.82, 2.24) is 20.2 Å². The number of nitrogens with zero attached hydrogens (tertiary/aromatic N) is 4. The highest BCUT2D eigenvalue weighted by atomic mass is 16.5. The summed E-state index contributed by atoms with van der Waals surface area (Å²) in [5.74, 6) is 1.33. The number of tetrazole rings is 1. The molecule has 0 amide bonds. The molecule has 0 spiro atoms. The minimum Gasteiger partial charge on any atom is -0.494 e. The molecule has 0 saturated heterocycles. The number of rotatable bonds is 3. The van der Waals surface area contributed by atoms with Crippen LogP contribution in [0.4, 0.5) is 5.69 Å². The predicted octanol–water partition coefficient (Wildman–Crippen LogP) is 1.44. The SMILES string of the molecule is COc1c(N)cccc1-c1nnnn1C1(C)CC1. The van der Waals surface area contributed by atoms with Crippen LogP contribution in [0.2, 0.25) is 0 Å². The van der Waals surface area contributed by atoms with Crippen molar-refractivity contribution in [2.75, 3.05) is 12.8 Å². The Hall–Kier alpha value is -2.11. The molecule has 6 heteroatoms. The Bertz CT molecular complexity index is 588. The summed E-state index contributed by atoms with van der Waals surface area (Å²) in [6.07, 6.45) is 2.19. The number of benzene rings is 1. The monoisotopic (exact) mass is 245 g/mol. The van der Waals surface area contributed by atoms with Crippen LogP contribution >= 0.6 is 0 Å². The van der Waals surface area contributed by atoms with Crippen molar-refractivity contribution in [3.63, 3.8) is 0 Å². The van der Waals surface area contributed by atoms with Crippen LogP contribution in [-0.4, -0.2) is 27.3 Å². The maximum Gasteiger partial charge on any atom is 0.186 e. The predicted molar refractivity (Wildman–Crippen MR) is 67.1 cm³/mol. The molecule has 6 nitrogen and oxygen atoms in total. The van der Waals surface area contributed by atoms with Crippen molar-refractivity contribution in [1.29, 1.82) is 0 Å². The van der Waals surface area contributed by atoms with E-state index in [1.165, 1.54) is 0 Å². The molecule has 2 aromatic rings. The third-order valence-electron chi connectivity index (χ3n) is 3.44. The van der Waals surface area contributed by atoms with E-state index >= 15 is 0 Å². The molecule has 0 atom stereocenters. The highest BCUT2D eigenvalue weighted by Crippen LogP contribution is 2.45. The Morgan fingerprint density at radius 3 is 2.83 bits per heavy atom. The van der Waals surface area contributed by atoms with Crippen LogP contribution in [0.1, 0.15) is 19.8 Å². The van der Waals surface area contributed by atoms with Crippen LogP contribution in [0, 0.1) is 0 Å². The summed E-state index contributed by atoms with van der Waals surface area (Å²) in [5.41, 5.74) is 7.36. The van der Waals surface area contributed by atoms with E-state index in [-0.39, 0.29) is 5.54 Å². The van der Waals surface area contributed by atoms with Crippen molar-refractivity contribution in [2.24, 2.45) is 0 Å². The standard InChI is InChI=1S/C12H15N5O/c1-12(6-7-12)17-11(14-15-16-17)8-4-3-5-9(13)10(8)18-2/h3-5H,6-7,13H2,1-2H3. The fraction of sp³-hybridized carbons (Fsp3) is 0.417. The van der Waals surface area contributed by atoms with Crippen LogP contribution in [0.15, 0.2) is 18.2 Å². The van der Waals surface area contributed by atoms with E-state index in [9.17, 15) is 0 Å². The van der Waals surface area contributed by atoms with Gasteiger partial charge in [-0.2, -0.15) is 0 Å². The molecule has 1 aromatic heterocycles. The quantitative estimate of drug-likeness (QED) is 0.828. The van der Waals surface area contributed by atoms with Crippen LogP contribution in [0.3, 0.4) is 0 Å². The van der Waals surface area contributed by atoms with Gasteiger partial charge in [0.1, 0.15) is 0 Å². The first kappa shape index (κ1) is 11.0. The van der Waals surface area contributed by atoms with E-state index in [1.54, 1.807) is 13.2 Å². The zero-order valence-corrected chi connectivity index (χ0v) is 10.4. The zero-order valence-electron chi connectivity index (χ0n) is 10.4. The molecule has 1 aromatic carbocycles. The number of methoxy groups -OCH3 is 1. The lowest BCUT2D eigenvalue weighted by Gasteiger charge is -2.14. The van der Waals surface area contributed by atoms with Crippen molar-refractivity contribution >= 4 is 5.69 Å². The zero-order chi connectivity index (χ0) is 12.8. The lowest BCUT2D eigenvalue weighted by Crippen LogP contribution is -2.16. The van der Waals surface area contributed by atoms with Gasteiger partial charge in [0.05, 0.1) is 23.9 Å². The highest BCUT2D eigenvalue weighted by molar-refractivity contribution is 5.73. The van der Waals surface area contributed by atoms with E-state index in [2.05, 4.69) is 22.4 Å². The lowest BCUT2D eigenvalue weighted by molar-refractivity contribution is 0.416. The van der Waals surface area contributed by atoms with Gasteiger partial charge in [0.2, 0.25) is 0 Å². The third kappa shape index (κ3) is 1.53. The number of nitrogens with two attached hydrogens (primary N) is 1. The Balaban J connectivity index is 2.16. The number of ether oxygens (including phenoxy) is 1. The van der Waals surface area contributed by atoms with E-state index in [0.29, 0.717) is 17.3 Å². The molecule has 0 radical (unpaired) electrons. The molecular formula is C12H15N5O. The second-order valence-electron chi connectivity index (χ2n) is 4.84. The van der Waals surface area contributed by atoms with Crippen molar-refractivity contribution in [3.05, 3.63) is 18.2 Å². The molecule has 1 aliphatic rings. The number of hydrogen-bond donors (Lipinski definition) is 1. The summed E-state index contributed by atoms with van der Waals surface area (Å²) in [6.45, 7) is 2.14. The molecular weight excluding hydrogens is 230 g/mol. The maximum atomic E-state index is 5.91. The van der Waals surface area contributed by atoms with Crippen molar-refractivity contribution in [3.8, 4) is 17.1 Å². The average molecular weight is 245 g/mol. The van der Waals surface area contributed by atoms with Crippen LogP contribution in [-0.2, 0) is 5.54 Å². The third-order valence-corrected chi connectivity index (χ3v) is 3.44. The normalized spacial score (nSPS) is 16.6. The maximum absolute atomic E-state index is 5.91. The summed E-state index contributed by atoms with van der Waals surface area (Å²) in [5, 5.41) is 12.0. The number of hydrogen-bond acceptors (Lipinski definition) is 5. The van der Waals surface area contributed by atoms with Gasteiger partial charge in [0.25, 0.3) is 0 Å². The number of anilines is 1. The molecule has 1 aliphatic carbocycles. The Morgan fingerprint density at radius 2 is 2.17 bits per heavy atom. The van der Waals surface area contributed by atoms with Gasteiger partial charge in [-0.3, -0.25) is 0 Å². The van der Waals surface area contributed by atoms with Gasteiger partial charge in [0.15, 0.2) is 11.6 Å². The number of para-hydroxylation sites is 1. The first-order valence-electron chi connectivity index (χ1n) is 5.87. The molecule has 18 heavy (non-hydrogen) atoms. The molecule has 3 rings (SSSR count). The van der Waals surface area contributed by atoms with Gasteiger partial charge >= 0.3 is 0 Å². The van der Waals surface area contributed by atoms with Gasteiger partial charge in [0, 0.05) is 0 Å². The van der Waals surface area contributed by atoms with Crippen molar-refractivity contribution < 1.29 is 4.74 Å². The van der Waals surface area contributed by atoms with Gasteiger partial charge in [-0.05, 0) is 42.3 Å². The molecule has 0 aliphatic heterocycles. The van der Waals surface area contributed by atoms with E-state index in [1.807, 2.05) is 16.8 Å². The summed E-state index contributed by atoms with van der Waals surface area (Å²) >= 11 is 0. The van der Waals surface area contributed by atoms with E-state index in [4.69, 9.17) is 10.5 Å². The topological polar surface area (TPSA) is 78.8 Å². The lowest BCUT2D eigenvalue weighted by atomic mass is 10.1. The number of nitrogen functional groups attached to an aromatic ring is 1. The smallest absolute Gasteiger partial charge is 0.186 e. The average Bonchev–Trinajstić information content (AvgIpc) is 2.94. The van der Waals surface area contributed by atoms with Crippen LogP contribution in [0.25, 0.3) is 11.4 Å². The van der Waals surface area contributed by atoms with Crippen LogP contribution in [0.5, 0.6) is 5.75 Å². The molecule has 1 saturated carbocycles. The number of aromatic nitrogens is 4.